The molecule has 0 bridgehead atoms. The zero-order valence-electron chi connectivity index (χ0n) is 10.6. The fourth-order valence-electron chi connectivity index (χ4n) is 1.41. The average molecular weight is 272 g/mol. The van der Waals surface area contributed by atoms with E-state index in [0.29, 0.717) is 18.8 Å². The van der Waals surface area contributed by atoms with Crippen molar-refractivity contribution in [1.29, 1.82) is 0 Å². The number of amides is 1. The number of ether oxygens (including phenoxy) is 1. The van der Waals surface area contributed by atoms with Crippen molar-refractivity contribution in [3.8, 4) is 5.75 Å². The van der Waals surface area contributed by atoms with Crippen LogP contribution in [-0.4, -0.2) is 22.6 Å². The number of carbonyl (C=O) groups excluding carboxylic acids is 1. The molecular formula is C13H18ClNO3. The molecule has 2 N–H and O–H groups in total. The molecule has 0 radical (unpaired) electrons. The summed E-state index contributed by atoms with van der Waals surface area (Å²) in [5, 5.41) is 8.51. The summed E-state index contributed by atoms with van der Waals surface area (Å²) < 4.78 is 5.61. The fourth-order valence-corrected chi connectivity index (χ4v) is 1.48. The van der Waals surface area contributed by atoms with Gasteiger partial charge in [0.05, 0.1) is 13.0 Å². The minimum absolute atomic E-state index is 0.0803. The summed E-state index contributed by atoms with van der Waals surface area (Å²) >= 11 is 6.07. The van der Waals surface area contributed by atoms with Gasteiger partial charge in [0.2, 0.25) is 5.91 Å². The van der Waals surface area contributed by atoms with E-state index in [1.54, 1.807) is 17.6 Å². The number of alkyl halides is 1. The minimum Gasteiger partial charge on any atom is -0.493 e. The molecule has 100 valence electrons. The number of benzene rings is 1. The smallest absolute Gasteiger partial charge is 0.247 e. The molecule has 0 aromatic heterocycles. The number of rotatable bonds is 6. The summed E-state index contributed by atoms with van der Waals surface area (Å²) in [5.74, 6) is 0.172. The number of hydroxylamine groups is 1. The third-order valence-electron chi connectivity index (χ3n) is 2.40. The van der Waals surface area contributed by atoms with Crippen molar-refractivity contribution < 1.29 is 14.7 Å². The molecule has 1 aromatic rings. The van der Waals surface area contributed by atoms with Crippen LogP contribution in [0.1, 0.15) is 25.8 Å². The summed E-state index contributed by atoms with van der Waals surface area (Å²) in [6, 6.07) is 7.23. The first-order valence-corrected chi connectivity index (χ1v) is 6.13. The Balaban J connectivity index is 2.62. The summed E-state index contributed by atoms with van der Waals surface area (Å²) in [6.45, 7) is 4.32. The number of hydrogen-bond acceptors (Lipinski definition) is 3. The van der Waals surface area contributed by atoms with Gasteiger partial charge in [0, 0.05) is 16.9 Å². The van der Waals surface area contributed by atoms with E-state index >= 15 is 0 Å². The number of para-hydroxylation sites is 1. The van der Waals surface area contributed by atoms with Gasteiger partial charge in [0.25, 0.3) is 0 Å². The molecule has 1 aromatic carbocycles. The number of carbonyl (C=O) groups is 1. The van der Waals surface area contributed by atoms with Gasteiger partial charge in [0.1, 0.15) is 5.75 Å². The van der Waals surface area contributed by atoms with Crippen molar-refractivity contribution in [3.05, 3.63) is 29.8 Å². The molecule has 0 atom stereocenters. The summed E-state index contributed by atoms with van der Waals surface area (Å²) in [4.78, 5) is 10.8. The van der Waals surface area contributed by atoms with Crippen LogP contribution in [0.2, 0.25) is 0 Å². The van der Waals surface area contributed by atoms with E-state index in [-0.39, 0.29) is 11.3 Å². The zero-order valence-corrected chi connectivity index (χ0v) is 11.3. The highest BCUT2D eigenvalue weighted by Gasteiger charge is 2.14. The van der Waals surface area contributed by atoms with Gasteiger partial charge in [0.15, 0.2) is 0 Å². The van der Waals surface area contributed by atoms with Crippen LogP contribution < -0.4 is 10.2 Å². The summed E-state index contributed by atoms with van der Waals surface area (Å²) in [7, 11) is 0. The third kappa shape index (κ3) is 5.38. The molecule has 0 unspecified atom stereocenters. The zero-order chi connectivity index (χ0) is 13.6. The molecule has 0 aliphatic heterocycles. The quantitative estimate of drug-likeness (QED) is 0.475. The fraction of sp³-hybridized carbons (Fsp3) is 0.462. The molecule has 1 rings (SSSR count). The molecule has 0 saturated carbocycles. The molecule has 0 saturated heterocycles. The lowest BCUT2D eigenvalue weighted by Crippen LogP contribution is -2.21. The predicted molar refractivity (Wildman–Crippen MR) is 70.1 cm³/mol. The molecular weight excluding hydrogens is 254 g/mol. The van der Waals surface area contributed by atoms with Gasteiger partial charge in [-0.15, -0.1) is 11.6 Å². The van der Waals surface area contributed by atoms with Crippen molar-refractivity contribution in [1.82, 2.24) is 5.48 Å². The highest BCUT2D eigenvalue weighted by molar-refractivity contribution is 6.23. The Morgan fingerprint density at radius 3 is 2.72 bits per heavy atom. The Bertz CT molecular complexity index is 401. The maximum atomic E-state index is 11.1. The second-order valence-corrected chi connectivity index (χ2v) is 5.66. The highest BCUT2D eigenvalue weighted by Crippen LogP contribution is 2.21. The van der Waals surface area contributed by atoms with Crippen LogP contribution in [0, 0.1) is 0 Å². The van der Waals surface area contributed by atoms with E-state index in [2.05, 4.69) is 0 Å². The third-order valence-corrected chi connectivity index (χ3v) is 2.59. The standard InChI is InChI=1S/C13H18ClNO3/c1-13(2,14)7-8-18-11-6-4-3-5-10(11)9-12(16)15-17/h3-6,17H,7-9H2,1-2H3,(H,15,16). The van der Waals surface area contributed by atoms with Crippen LogP contribution in [0.3, 0.4) is 0 Å². The number of hydrogen-bond donors (Lipinski definition) is 2. The lowest BCUT2D eigenvalue weighted by molar-refractivity contribution is -0.128. The van der Waals surface area contributed by atoms with E-state index in [1.807, 2.05) is 26.0 Å². The molecule has 1 amide bonds. The van der Waals surface area contributed by atoms with E-state index < -0.39 is 5.91 Å². The molecule has 0 aliphatic rings. The van der Waals surface area contributed by atoms with Gasteiger partial charge >= 0.3 is 0 Å². The van der Waals surface area contributed by atoms with Gasteiger partial charge < -0.3 is 4.74 Å². The first-order valence-electron chi connectivity index (χ1n) is 5.75. The van der Waals surface area contributed by atoms with Crippen molar-refractivity contribution in [2.75, 3.05) is 6.61 Å². The van der Waals surface area contributed by atoms with Crippen molar-refractivity contribution in [3.63, 3.8) is 0 Å². The maximum Gasteiger partial charge on any atom is 0.247 e. The second kappa shape index (κ2) is 6.61. The number of nitrogens with one attached hydrogen (secondary N) is 1. The van der Waals surface area contributed by atoms with E-state index in [9.17, 15) is 4.79 Å². The molecule has 0 heterocycles. The van der Waals surface area contributed by atoms with Crippen LogP contribution in [0.4, 0.5) is 0 Å². The molecule has 4 nitrogen and oxygen atoms in total. The Kier molecular flexibility index (Phi) is 5.44. The van der Waals surface area contributed by atoms with Crippen molar-refractivity contribution in [2.45, 2.75) is 31.6 Å². The SMILES string of the molecule is CC(C)(Cl)CCOc1ccccc1CC(=O)NO. The normalized spacial score (nSPS) is 11.1. The molecule has 5 heteroatoms. The Morgan fingerprint density at radius 1 is 1.44 bits per heavy atom. The molecule has 0 fully saturated rings. The molecule has 18 heavy (non-hydrogen) atoms. The van der Waals surface area contributed by atoms with E-state index in [1.165, 1.54) is 0 Å². The van der Waals surface area contributed by atoms with Crippen LogP contribution in [0.5, 0.6) is 5.75 Å². The van der Waals surface area contributed by atoms with Crippen molar-refractivity contribution >= 4 is 17.5 Å². The van der Waals surface area contributed by atoms with Gasteiger partial charge in [-0.25, -0.2) is 5.48 Å². The Morgan fingerprint density at radius 2 is 2.11 bits per heavy atom. The minimum atomic E-state index is -0.469. The summed E-state index contributed by atoms with van der Waals surface area (Å²) in [5.41, 5.74) is 2.34. The molecule has 0 aliphatic carbocycles. The lowest BCUT2D eigenvalue weighted by atomic mass is 10.1. The van der Waals surface area contributed by atoms with Crippen LogP contribution in [0.15, 0.2) is 24.3 Å². The average Bonchev–Trinajstić information content (AvgIpc) is 2.29. The van der Waals surface area contributed by atoms with Gasteiger partial charge in [-0.05, 0) is 19.9 Å². The van der Waals surface area contributed by atoms with E-state index in [4.69, 9.17) is 21.5 Å². The van der Waals surface area contributed by atoms with E-state index in [0.717, 1.165) is 5.56 Å². The van der Waals surface area contributed by atoms with Gasteiger partial charge in [-0.2, -0.15) is 0 Å². The van der Waals surface area contributed by atoms with Crippen LogP contribution in [0.25, 0.3) is 0 Å². The summed E-state index contributed by atoms with van der Waals surface area (Å²) in [6.07, 6.45) is 0.784. The van der Waals surface area contributed by atoms with Gasteiger partial charge in [-0.3, -0.25) is 10.0 Å². The van der Waals surface area contributed by atoms with Crippen LogP contribution in [-0.2, 0) is 11.2 Å². The topological polar surface area (TPSA) is 58.6 Å². The Labute approximate surface area is 112 Å². The lowest BCUT2D eigenvalue weighted by Gasteiger charge is -2.17. The predicted octanol–water partition coefficient (Wildman–Crippen LogP) is 2.52. The molecule has 0 spiro atoms. The highest BCUT2D eigenvalue weighted by atomic mass is 35.5. The maximum absolute atomic E-state index is 11.1. The second-order valence-electron chi connectivity index (χ2n) is 4.64. The Hall–Kier alpha value is -1.26. The largest absolute Gasteiger partial charge is 0.493 e. The monoisotopic (exact) mass is 271 g/mol. The van der Waals surface area contributed by atoms with Crippen LogP contribution >= 0.6 is 11.6 Å². The number of halogens is 1. The van der Waals surface area contributed by atoms with Gasteiger partial charge in [-0.1, -0.05) is 18.2 Å². The van der Waals surface area contributed by atoms with Crippen molar-refractivity contribution in [2.24, 2.45) is 0 Å². The first kappa shape index (κ1) is 14.8. The first-order chi connectivity index (χ1) is 8.42.